The molecule has 0 saturated heterocycles. The van der Waals surface area contributed by atoms with Gasteiger partial charge in [-0.2, -0.15) is 0 Å². The van der Waals surface area contributed by atoms with Crippen molar-refractivity contribution in [3.05, 3.63) is 65.2 Å². The van der Waals surface area contributed by atoms with Crippen LogP contribution in [0, 0.1) is 12.7 Å². The second-order valence-corrected chi connectivity index (χ2v) is 4.51. The molecule has 3 heteroatoms. The van der Waals surface area contributed by atoms with E-state index in [0.29, 0.717) is 6.42 Å². The number of nitrogens with zero attached hydrogens (tertiary/aromatic N) is 1. The third-order valence-electron chi connectivity index (χ3n) is 2.95. The molecule has 0 amide bonds. The highest BCUT2D eigenvalue weighted by molar-refractivity contribution is 5.75. The summed E-state index contributed by atoms with van der Waals surface area (Å²) in [6.07, 6.45) is 0.617. The highest BCUT2D eigenvalue weighted by atomic mass is 19.1. The maximum atomic E-state index is 13.1. The van der Waals surface area contributed by atoms with Crippen molar-refractivity contribution in [1.82, 2.24) is 9.97 Å². The van der Waals surface area contributed by atoms with Crippen LogP contribution in [0.2, 0.25) is 0 Å². The Hall–Kier alpha value is -2.16. The third-order valence-corrected chi connectivity index (χ3v) is 2.95. The molecule has 3 rings (SSSR count). The van der Waals surface area contributed by atoms with Crippen LogP contribution < -0.4 is 0 Å². The van der Waals surface area contributed by atoms with Crippen LogP contribution in [0.5, 0.6) is 0 Å². The van der Waals surface area contributed by atoms with Gasteiger partial charge in [0.05, 0.1) is 11.0 Å². The van der Waals surface area contributed by atoms with E-state index in [2.05, 4.69) is 16.0 Å². The Morgan fingerprint density at radius 3 is 2.89 bits per heavy atom. The summed E-state index contributed by atoms with van der Waals surface area (Å²) in [5.41, 5.74) is 4.10. The number of benzene rings is 2. The second-order valence-electron chi connectivity index (χ2n) is 4.51. The molecule has 0 unspecified atom stereocenters. The van der Waals surface area contributed by atoms with Gasteiger partial charge in [-0.15, -0.1) is 0 Å². The van der Waals surface area contributed by atoms with Crippen LogP contribution in [0.3, 0.4) is 0 Å². The first-order chi connectivity index (χ1) is 8.70. The Kier molecular flexibility index (Phi) is 2.59. The molecule has 2 nitrogen and oxygen atoms in total. The summed E-state index contributed by atoms with van der Waals surface area (Å²) in [5, 5.41) is 0. The Bertz CT molecular complexity index is 701. The van der Waals surface area contributed by atoms with E-state index in [0.717, 1.165) is 22.4 Å². The Labute approximate surface area is 104 Å². The van der Waals surface area contributed by atoms with Crippen LogP contribution in [0.4, 0.5) is 4.39 Å². The minimum atomic E-state index is -0.209. The van der Waals surface area contributed by atoms with Crippen LogP contribution >= 0.6 is 0 Å². The molecule has 0 radical (unpaired) electrons. The van der Waals surface area contributed by atoms with E-state index in [1.54, 1.807) is 12.1 Å². The van der Waals surface area contributed by atoms with Gasteiger partial charge in [-0.25, -0.2) is 9.37 Å². The van der Waals surface area contributed by atoms with E-state index in [1.165, 1.54) is 11.6 Å². The molecule has 0 aliphatic carbocycles. The normalized spacial score (nSPS) is 11.0. The number of aryl methyl sites for hydroxylation is 1. The van der Waals surface area contributed by atoms with Crippen molar-refractivity contribution in [1.29, 1.82) is 0 Å². The van der Waals surface area contributed by atoms with Gasteiger partial charge in [0.1, 0.15) is 11.6 Å². The summed E-state index contributed by atoms with van der Waals surface area (Å²) in [5.74, 6) is 0.653. The molecule has 0 aliphatic heterocycles. The van der Waals surface area contributed by atoms with Gasteiger partial charge in [0.25, 0.3) is 0 Å². The van der Waals surface area contributed by atoms with Crippen molar-refractivity contribution in [2.75, 3.05) is 0 Å². The zero-order valence-corrected chi connectivity index (χ0v) is 10.1. The number of fused-ring (bicyclic) bond motifs is 1. The number of aromatic nitrogens is 2. The molecule has 0 bridgehead atoms. The first-order valence-corrected chi connectivity index (χ1v) is 5.90. The predicted molar refractivity (Wildman–Crippen MR) is 70.0 cm³/mol. The summed E-state index contributed by atoms with van der Waals surface area (Å²) < 4.78 is 13.1. The summed E-state index contributed by atoms with van der Waals surface area (Å²) in [6.45, 7) is 2.05. The molecule has 0 aliphatic rings. The summed E-state index contributed by atoms with van der Waals surface area (Å²) in [6, 6.07) is 12.7. The van der Waals surface area contributed by atoms with Gasteiger partial charge in [0, 0.05) is 6.42 Å². The minimum absolute atomic E-state index is 0.209. The van der Waals surface area contributed by atoms with Crippen molar-refractivity contribution in [2.45, 2.75) is 13.3 Å². The molecule has 90 valence electrons. The number of rotatable bonds is 2. The fourth-order valence-electron chi connectivity index (χ4n) is 2.10. The number of halogens is 1. The van der Waals surface area contributed by atoms with Gasteiger partial charge >= 0.3 is 0 Å². The Morgan fingerprint density at radius 1 is 1.17 bits per heavy atom. The standard InChI is InChI=1S/C15H13FN2/c1-10-5-6-13-14(7-10)18-15(17-13)9-11-3-2-4-12(16)8-11/h2-8H,9H2,1H3,(H,17,18). The lowest BCUT2D eigenvalue weighted by Gasteiger charge is -1.97. The number of H-pyrrole nitrogens is 1. The highest BCUT2D eigenvalue weighted by Gasteiger charge is 2.04. The molecule has 3 aromatic rings. The number of imidazole rings is 1. The van der Waals surface area contributed by atoms with E-state index in [9.17, 15) is 4.39 Å². The van der Waals surface area contributed by atoms with Gasteiger partial charge in [-0.3, -0.25) is 0 Å². The van der Waals surface area contributed by atoms with Crippen LogP contribution in [0.15, 0.2) is 42.5 Å². The topological polar surface area (TPSA) is 28.7 Å². The first kappa shape index (κ1) is 11.0. The average molecular weight is 240 g/mol. The van der Waals surface area contributed by atoms with Crippen molar-refractivity contribution in [3.8, 4) is 0 Å². The quantitative estimate of drug-likeness (QED) is 0.728. The van der Waals surface area contributed by atoms with E-state index in [-0.39, 0.29) is 5.82 Å². The number of nitrogens with one attached hydrogen (secondary N) is 1. The molecule has 2 aromatic carbocycles. The molecule has 1 heterocycles. The van der Waals surface area contributed by atoms with Gasteiger partial charge in [-0.1, -0.05) is 18.2 Å². The lowest BCUT2D eigenvalue weighted by Crippen LogP contribution is -1.91. The van der Waals surface area contributed by atoms with Crippen molar-refractivity contribution >= 4 is 11.0 Å². The Balaban J connectivity index is 1.95. The SMILES string of the molecule is Cc1ccc2nc(Cc3cccc(F)c3)[nH]c2c1. The lowest BCUT2D eigenvalue weighted by atomic mass is 10.1. The average Bonchev–Trinajstić information content (AvgIpc) is 2.70. The van der Waals surface area contributed by atoms with E-state index >= 15 is 0 Å². The maximum absolute atomic E-state index is 13.1. The maximum Gasteiger partial charge on any atom is 0.123 e. The van der Waals surface area contributed by atoms with E-state index in [1.807, 2.05) is 25.1 Å². The predicted octanol–water partition coefficient (Wildman–Crippen LogP) is 3.60. The molecule has 1 aromatic heterocycles. The molecule has 0 saturated carbocycles. The number of aromatic amines is 1. The molecule has 0 fully saturated rings. The van der Waals surface area contributed by atoms with Crippen molar-refractivity contribution < 1.29 is 4.39 Å². The van der Waals surface area contributed by atoms with Crippen LogP contribution in [0.25, 0.3) is 11.0 Å². The molecular weight excluding hydrogens is 227 g/mol. The van der Waals surface area contributed by atoms with Gasteiger partial charge in [0.15, 0.2) is 0 Å². The zero-order chi connectivity index (χ0) is 12.5. The summed E-state index contributed by atoms with van der Waals surface area (Å²) in [7, 11) is 0. The van der Waals surface area contributed by atoms with Crippen molar-refractivity contribution in [3.63, 3.8) is 0 Å². The monoisotopic (exact) mass is 240 g/mol. The van der Waals surface area contributed by atoms with Gasteiger partial charge in [0.2, 0.25) is 0 Å². The first-order valence-electron chi connectivity index (χ1n) is 5.90. The van der Waals surface area contributed by atoms with E-state index < -0.39 is 0 Å². The van der Waals surface area contributed by atoms with E-state index in [4.69, 9.17) is 0 Å². The van der Waals surface area contributed by atoms with Crippen molar-refractivity contribution in [2.24, 2.45) is 0 Å². The zero-order valence-electron chi connectivity index (χ0n) is 10.1. The lowest BCUT2D eigenvalue weighted by molar-refractivity contribution is 0.626. The largest absolute Gasteiger partial charge is 0.342 e. The number of hydrogen-bond donors (Lipinski definition) is 1. The molecular formula is C15H13FN2. The fourth-order valence-corrected chi connectivity index (χ4v) is 2.10. The van der Waals surface area contributed by atoms with Crippen LogP contribution in [-0.2, 0) is 6.42 Å². The van der Waals surface area contributed by atoms with Gasteiger partial charge < -0.3 is 4.98 Å². The summed E-state index contributed by atoms with van der Waals surface area (Å²) >= 11 is 0. The smallest absolute Gasteiger partial charge is 0.123 e. The Morgan fingerprint density at radius 2 is 2.06 bits per heavy atom. The fraction of sp³-hybridized carbons (Fsp3) is 0.133. The van der Waals surface area contributed by atoms with Crippen LogP contribution in [0.1, 0.15) is 17.0 Å². The molecule has 0 atom stereocenters. The van der Waals surface area contributed by atoms with Gasteiger partial charge in [-0.05, 0) is 42.3 Å². The molecule has 18 heavy (non-hydrogen) atoms. The minimum Gasteiger partial charge on any atom is -0.342 e. The highest BCUT2D eigenvalue weighted by Crippen LogP contribution is 2.15. The second kappa shape index (κ2) is 4.26. The molecule has 0 spiro atoms. The van der Waals surface area contributed by atoms with Crippen LogP contribution in [-0.4, -0.2) is 9.97 Å². The third kappa shape index (κ3) is 2.12. The summed E-state index contributed by atoms with van der Waals surface area (Å²) in [4.78, 5) is 7.77. The number of hydrogen-bond acceptors (Lipinski definition) is 1. The molecule has 1 N–H and O–H groups in total.